The van der Waals surface area contributed by atoms with Gasteiger partial charge in [-0.3, -0.25) is 5.43 Å². The number of fused-ring (bicyclic) bond motifs is 1. The highest BCUT2D eigenvalue weighted by atomic mass is 32.1. The maximum absolute atomic E-state index is 13.0. The second-order valence-corrected chi connectivity index (χ2v) is 5.84. The first kappa shape index (κ1) is 17.9. The highest BCUT2D eigenvalue weighted by Crippen LogP contribution is 2.34. The number of alkyl halides is 3. The second-order valence-electron chi connectivity index (χ2n) is 5.44. The van der Waals surface area contributed by atoms with Crippen molar-refractivity contribution in [3.8, 4) is 0 Å². The Labute approximate surface area is 153 Å². The Morgan fingerprint density at radius 2 is 1.62 bits per heavy atom. The lowest BCUT2D eigenvalue weighted by atomic mass is 10.1. The number of nitrogens with zero attached hydrogens (tertiary/aromatic N) is 1. The molecule has 0 atom stereocenters. The molecule has 0 aliphatic carbocycles. The van der Waals surface area contributed by atoms with Crippen LogP contribution in [-0.4, -0.2) is 11.3 Å². The minimum Gasteiger partial charge on any atom is -0.331 e. The van der Waals surface area contributed by atoms with Crippen LogP contribution in [0.4, 0.5) is 18.9 Å². The molecule has 3 aromatic carbocycles. The van der Waals surface area contributed by atoms with Crippen LogP contribution in [0.2, 0.25) is 0 Å². The third-order valence-corrected chi connectivity index (χ3v) is 3.87. The maximum atomic E-state index is 13.0. The SMILES string of the molecule is FC(F)(F)c1ccccc1NC(=S)N/N=C\c1cccc2ccccc12. The first-order valence-electron chi connectivity index (χ1n) is 7.69. The molecule has 0 unspecified atom stereocenters. The normalized spacial score (nSPS) is 11.7. The Bertz CT molecular complexity index is 962. The van der Waals surface area contributed by atoms with Crippen LogP contribution < -0.4 is 10.7 Å². The predicted molar refractivity (Wildman–Crippen MR) is 102 cm³/mol. The number of benzene rings is 3. The number of hydrazone groups is 1. The van der Waals surface area contributed by atoms with Crippen molar-refractivity contribution in [3.05, 3.63) is 77.9 Å². The zero-order chi connectivity index (χ0) is 18.6. The van der Waals surface area contributed by atoms with Crippen molar-refractivity contribution in [2.45, 2.75) is 6.18 Å². The molecule has 3 aromatic rings. The molecule has 0 bridgehead atoms. The maximum Gasteiger partial charge on any atom is 0.418 e. The third kappa shape index (κ3) is 4.18. The zero-order valence-corrected chi connectivity index (χ0v) is 14.2. The van der Waals surface area contributed by atoms with Gasteiger partial charge in [-0.2, -0.15) is 18.3 Å². The third-order valence-electron chi connectivity index (χ3n) is 3.67. The molecule has 3 rings (SSSR count). The Kier molecular flexibility index (Phi) is 5.18. The van der Waals surface area contributed by atoms with Gasteiger partial charge in [0.05, 0.1) is 17.5 Å². The highest BCUT2D eigenvalue weighted by Gasteiger charge is 2.33. The number of hydrogen-bond donors (Lipinski definition) is 2. The topological polar surface area (TPSA) is 36.4 Å². The van der Waals surface area contributed by atoms with Gasteiger partial charge < -0.3 is 5.32 Å². The molecular weight excluding hydrogens is 359 g/mol. The quantitative estimate of drug-likeness (QED) is 0.377. The van der Waals surface area contributed by atoms with Crippen LogP contribution in [0, 0.1) is 0 Å². The van der Waals surface area contributed by atoms with Crippen LogP contribution in [0.1, 0.15) is 11.1 Å². The lowest BCUT2D eigenvalue weighted by molar-refractivity contribution is -0.136. The number of anilines is 1. The predicted octanol–water partition coefficient (Wildman–Crippen LogP) is 5.18. The van der Waals surface area contributed by atoms with Gasteiger partial charge >= 0.3 is 6.18 Å². The molecular formula is C19H14F3N3S. The lowest BCUT2D eigenvalue weighted by Gasteiger charge is -2.14. The van der Waals surface area contributed by atoms with Gasteiger partial charge in [0.2, 0.25) is 0 Å². The van der Waals surface area contributed by atoms with Crippen molar-refractivity contribution in [1.29, 1.82) is 0 Å². The van der Waals surface area contributed by atoms with E-state index in [1.165, 1.54) is 18.2 Å². The fraction of sp³-hybridized carbons (Fsp3) is 0.0526. The van der Waals surface area contributed by atoms with Crippen LogP contribution in [-0.2, 0) is 6.18 Å². The van der Waals surface area contributed by atoms with Crippen LogP contribution in [0.25, 0.3) is 10.8 Å². The first-order valence-corrected chi connectivity index (χ1v) is 8.10. The van der Waals surface area contributed by atoms with Gasteiger partial charge in [-0.05, 0) is 35.1 Å². The van der Waals surface area contributed by atoms with Gasteiger partial charge in [0.1, 0.15) is 0 Å². The first-order chi connectivity index (χ1) is 12.4. The van der Waals surface area contributed by atoms with Gasteiger partial charge in [-0.15, -0.1) is 0 Å². The molecule has 3 nitrogen and oxygen atoms in total. The molecule has 26 heavy (non-hydrogen) atoms. The average molecular weight is 373 g/mol. The molecule has 0 amide bonds. The van der Waals surface area contributed by atoms with E-state index in [0.717, 1.165) is 22.4 Å². The van der Waals surface area contributed by atoms with Crippen molar-refractivity contribution < 1.29 is 13.2 Å². The Hall–Kier alpha value is -2.93. The van der Waals surface area contributed by atoms with E-state index in [0.29, 0.717) is 0 Å². The molecule has 0 heterocycles. The highest BCUT2D eigenvalue weighted by molar-refractivity contribution is 7.80. The van der Waals surface area contributed by atoms with Crippen molar-refractivity contribution >= 4 is 40.0 Å². The smallest absolute Gasteiger partial charge is 0.331 e. The van der Waals surface area contributed by atoms with E-state index in [2.05, 4.69) is 15.8 Å². The summed E-state index contributed by atoms with van der Waals surface area (Å²) < 4.78 is 39.0. The summed E-state index contributed by atoms with van der Waals surface area (Å²) in [6.07, 6.45) is -2.89. The fourth-order valence-electron chi connectivity index (χ4n) is 2.51. The molecule has 0 radical (unpaired) electrons. The number of halogens is 3. The summed E-state index contributed by atoms with van der Waals surface area (Å²) in [5, 5.41) is 8.60. The molecule has 0 saturated heterocycles. The molecule has 7 heteroatoms. The largest absolute Gasteiger partial charge is 0.418 e. The summed E-state index contributed by atoms with van der Waals surface area (Å²) in [6, 6.07) is 18.7. The van der Waals surface area contributed by atoms with Crippen LogP contribution >= 0.6 is 12.2 Å². The lowest BCUT2D eigenvalue weighted by Crippen LogP contribution is -2.25. The molecule has 0 aliphatic heterocycles. The molecule has 132 valence electrons. The number of thiocarbonyl (C=S) groups is 1. The monoisotopic (exact) mass is 373 g/mol. The number of hydrogen-bond acceptors (Lipinski definition) is 2. The van der Waals surface area contributed by atoms with Crippen molar-refractivity contribution in [1.82, 2.24) is 5.43 Å². The summed E-state index contributed by atoms with van der Waals surface area (Å²) >= 11 is 5.03. The Balaban J connectivity index is 1.71. The summed E-state index contributed by atoms with van der Waals surface area (Å²) in [7, 11) is 0. The summed E-state index contributed by atoms with van der Waals surface area (Å²) in [5.41, 5.74) is 2.50. The minimum atomic E-state index is -4.47. The van der Waals surface area contributed by atoms with Gasteiger partial charge in [-0.1, -0.05) is 54.6 Å². The van der Waals surface area contributed by atoms with Crippen molar-refractivity contribution in [2.75, 3.05) is 5.32 Å². The van der Waals surface area contributed by atoms with E-state index >= 15 is 0 Å². The summed E-state index contributed by atoms with van der Waals surface area (Å²) in [4.78, 5) is 0. The summed E-state index contributed by atoms with van der Waals surface area (Å²) in [6.45, 7) is 0. The Morgan fingerprint density at radius 3 is 2.42 bits per heavy atom. The number of rotatable bonds is 3. The average Bonchev–Trinajstić information content (AvgIpc) is 2.61. The van der Waals surface area contributed by atoms with E-state index in [-0.39, 0.29) is 10.8 Å². The van der Waals surface area contributed by atoms with Gasteiger partial charge in [0.15, 0.2) is 5.11 Å². The molecule has 0 aliphatic rings. The van der Waals surface area contributed by atoms with E-state index in [1.54, 1.807) is 6.21 Å². The molecule has 0 saturated carbocycles. The second kappa shape index (κ2) is 7.53. The zero-order valence-electron chi connectivity index (χ0n) is 13.4. The van der Waals surface area contributed by atoms with Crippen LogP contribution in [0.15, 0.2) is 71.8 Å². The number of para-hydroxylation sites is 1. The Morgan fingerprint density at radius 1 is 0.923 bits per heavy atom. The van der Waals surface area contributed by atoms with Crippen molar-refractivity contribution in [3.63, 3.8) is 0 Å². The number of nitrogens with one attached hydrogen (secondary N) is 2. The van der Waals surface area contributed by atoms with E-state index in [9.17, 15) is 13.2 Å². The minimum absolute atomic E-state index is 0.0295. The van der Waals surface area contributed by atoms with Crippen molar-refractivity contribution in [2.24, 2.45) is 5.10 Å². The molecule has 0 fully saturated rings. The summed E-state index contributed by atoms with van der Waals surface area (Å²) in [5.74, 6) is 0. The molecule has 0 spiro atoms. The van der Waals surface area contributed by atoms with Gasteiger partial charge in [-0.25, -0.2) is 0 Å². The van der Waals surface area contributed by atoms with E-state index in [1.807, 2.05) is 42.5 Å². The van der Waals surface area contributed by atoms with E-state index < -0.39 is 11.7 Å². The van der Waals surface area contributed by atoms with Gasteiger partial charge in [0, 0.05) is 5.56 Å². The standard InChI is InChI=1S/C19H14F3N3S/c20-19(21,22)16-10-3-4-11-17(16)24-18(26)25-23-12-14-8-5-7-13-6-1-2-9-15(13)14/h1-12H,(H2,24,25,26)/b23-12-. The molecule has 2 N–H and O–H groups in total. The fourth-order valence-corrected chi connectivity index (χ4v) is 2.68. The van der Waals surface area contributed by atoms with E-state index in [4.69, 9.17) is 12.2 Å². The van der Waals surface area contributed by atoms with Crippen LogP contribution in [0.3, 0.4) is 0 Å². The van der Waals surface area contributed by atoms with Crippen LogP contribution in [0.5, 0.6) is 0 Å². The molecule has 0 aromatic heterocycles. The van der Waals surface area contributed by atoms with Gasteiger partial charge in [0.25, 0.3) is 0 Å².